The fourth-order valence-corrected chi connectivity index (χ4v) is 12.3. The highest BCUT2D eigenvalue weighted by Gasteiger charge is 2.30. The molecule has 0 aromatic carbocycles. The van der Waals surface area contributed by atoms with Gasteiger partial charge in [0.2, 0.25) is 0 Å². The minimum Gasteiger partial charge on any atom is -0.462 e. The van der Waals surface area contributed by atoms with Crippen LogP contribution in [0.25, 0.3) is 0 Å². The number of aliphatic hydroxyl groups excluding tert-OH is 1. The van der Waals surface area contributed by atoms with E-state index in [4.69, 9.17) is 37.0 Å². The molecule has 0 aromatic heterocycles. The van der Waals surface area contributed by atoms with Gasteiger partial charge in [0.25, 0.3) is 0 Å². The highest BCUT2D eigenvalue weighted by Crippen LogP contribution is 2.45. The highest BCUT2D eigenvalue weighted by molar-refractivity contribution is 7.47. The van der Waals surface area contributed by atoms with Crippen molar-refractivity contribution in [3.8, 4) is 0 Å². The van der Waals surface area contributed by atoms with Crippen molar-refractivity contribution < 1.29 is 80.2 Å². The van der Waals surface area contributed by atoms with Crippen LogP contribution in [0.4, 0.5) is 0 Å². The fraction of sp³-hybridized carbons (Fsp3) is 0.892. The molecule has 0 saturated heterocycles. The molecule has 0 radical (unpaired) electrons. The Morgan fingerprint density at radius 2 is 0.634 bits per heavy atom. The van der Waals surface area contributed by atoms with Crippen molar-refractivity contribution in [1.29, 1.82) is 0 Å². The Morgan fingerprint density at radius 3 is 0.957 bits per heavy atom. The van der Waals surface area contributed by atoms with E-state index in [0.29, 0.717) is 25.7 Å². The largest absolute Gasteiger partial charge is 0.472 e. The molecule has 17 nitrogen and oxygen atoms in total. The molecule has 0 heterocycles. The summed E-state index contributed by atoms with van der Waals surface area (Å²) in [6, 6.07) is 0. The van der Waals surface area contributed by atoms with Crippen molar-refractivity contribution in [2.24, 2.45) is 17.8 Å². The van der Waals surface area contributed by atoms with Crippen molar-refractivity contribution in [2.45, 2.75) is 369 Å². The van der Waals surface area contributed by atoms with E-state index < -0.39 is 97.5 Å². The van der Waals surface area contributed by atoms with Crippen LogP contribution in [0.3, 0.4) is 0 Å². The molecular weight excluding hydrogens is 1220 g/mol. The van der Waals surface area contributed by atoms with Gasteiger partial charge >= 0.3 is 39.5 Å². The topological polar surface area (TPSA) is 237 Å². The van der Waals surface area contributed by atoms with Gasteiger partial charge in [0, 0.05) is 25.7 Å². The van der Waals surface area contributed by atoms with Gasteiger partial charge in [-0.3, -0.25) is 37.3 Å². The quantitative estimate of drug-likeness (QED) is 0.0169. The average molecular weight is 1360 g/mol. The van der Waals surface area contributed by atoms with Gasteiger partial charge in [0.1, 0.15) is 19.3 Å². The number of carbonyl (C=O) groups is 4. The van der Waals surface area contributed by atoms with Crippen LogP contribution in [0.5, 0.6) is 0 Å². The number of hydrogen-bond acceptors (Lipinski definition) is 15. The van der Waals surface area contributed by atoms with Gasteiger partial charge in [-0.15, -0.1) is 0 Å². The zero-order chi connectivity index (χ0) is 68.7. The molecule has 0 bridgehead atoms. The van der Waals surface area contributed by atoms with Gasteiger partial charge in [-0.1, -0.05) is 297 Å². The Labute approximate surface area is 567 Å². The molecule has 0 aliphatic heterocycles. The van der Waals surface area contributed by atoms with Crippen molar-refractivity contribution in [2.75, 3.05) is 39.6 Å². The van der Waals surface area contributed by atoms with Crippen LogP contribution >= 0.6 is 15.6 Å². The second kappa shape index (κ2) is 64.2. The maximum atomic E-state index is 13.1. The van der Waals surface area contributed by atoms with Crippen LogP contribution in [0.2, 0.25) is 0 Å². The van der Waals surface area contributed by atoms with Crippen LogP contribution < -0.4 is 0 Å². The third kappa shape index (κ3) is 66.6. The lowest BCUT2D eigenvalue weighted by molar-refractivity contribution is -0.161. The lowest BCUT2D eigenvalue weighted by atomic mass is 9.99. The first-order chi connectivity index (χ1) is 44.8. The number of rotatable bonds is 70. The molecular formula is C74H140O17P2. The highest BCUT2D eigenvalue weighted by atomic mass is 31.2. The monoisotopic (exact) mass is 1360 g/mol. The normalized spacial score (nSPS) is 14.6. The molecule has 0 aromatic rings. The van der Waals surface area contributed by atoms with Crippen molar-refractivity contribution in [1.82, 2.24) is 0 Å². The number of carbonyl (C=O) groups excluding carboxylic acids is 4. The molecule has 0 amide bonds. The summed E-state index contributed by atoms with van der Waals surface area (Å²) in [5.41, 5.74) is 0. The van der Waals surface area contributed by atoms with Crippen molar-refractivity contribution in [3.05, 3.63) is 24.3 Å². The number of unbranched alkanes of at least 4 members (excludes halogenated alkanes) is 34. The Kier molecular flexibility index (Phi) is 62.5. The standard InChI is InChI=1S/C74H140O17P2/c1-8-10-11-12-13-14-15-16-17-18-19-26-34-41-48-55-71(76)84-61-69(90-74(79)58-51-44-37-28-23-21-25-33-40-47-54-67(7)9-2)63-88-92(80,81)86-59-68(75)60-87-93(82,83)89-64-70(62-85-72(77)56-49-42-35-30-29-32-39-46-53-66(5)6)91-73(78)57-50-43-36-27-22-20-24-31-38-45-52-65(3)4/h14-17,65-70,75H,8-13,18-64H2,1-7H3,(H,80,81)(H,82,83)/b15-14-,17-16-/t67?,68?,69-,70-/m1/s1. The van der Waals surface area contributed by atoms with E-state index in [-0.39, 0.29) is 25.7 Å². The zero-order valence-electron chi connectivity index (χ0n) is 60.2. The summed E-state index contributed by atoms with van der Waals surface area (Å²) in [6.45, 7) is 11.8. The molecule has 93 heavy (non-hydrogen) atoms. The van der Waals surface area contributed by atoms with E-state index in [1.54, 1.807) is 0 Å². The Balaban J connectivity index is 5.31. The maximum absolute atomic E-state index is 13.1. The number of aliphatic hydroxyl groups is 1. The first-order valence-corrected chi connectivity index (χ1v) is 40.7. The average Bonchev–Trinajstić information content (AvgIpc) is 3.54. The number of phosphoric acid groups is 2. The lowest BCUT2D eigenvalue weighted by Gasteiger charge is -2.21. The number of esters is 4. The SMILES string of the molecule is CCCCCC/C=C\C=C/CCCCCCCC(=O)OC[C@H](COP(=O)(O)OCC(O)COP(=O)(O)OC[C@@H](COC(=O)CCCCCCCCCCC(C)C)OC(=O)CCCCCCCCCCCCC(C)C)OC(=O)CCCCCCCCCCCCC(C)CC. The van der Waals surface area contributed by atoms with Gasteiger partial charge in [0.15, 0.2) is 12.2 Å². The lowest BCUT2D eigenvalue weighted by Crippen LogP contribution is -2.30. The summed E-state index contributed by atoms with van der Waals surface area (Å²) in [4.78, 5) is 72.7. The predicted molar refractivity (Wildman–Crippen MR) is 377 cm³/mol. The van der Waals surface area contributed by atoms with Crippen LogP contribution in [-0.4, -0.2) is 96.7 Å². The molecule has 3 N–H and O–H groups in total. The number of phosphoric ester groups is 2. The molecule has 548 valence electrons. The summed E-state index contributed by atoms with van der Waals surface area (Å²) in [7, 11) is -9.92. The second-order valence-corrected chi connectivity index (χ2v) is 30.1. The number of ether oxygens (including phenoxy) is 4. The van der Waals surface area contributed by atoms with E-state index in [2.05, 4.69) is 72.8 Å². The molecule has 0 fully saturated rings. The number of allylic oxidation sites excluding steroid dienone is 4. The van der Waals surface area contributed by atoms with Gasteiger partial charge in [-0.05, 0) is 69.1 Å². The smallest absolute Gasteiger partial charge is 0.462 e. The first kappa shape index (κ1) is 90.5. The Hall–Kier alpha value is -2.46. The van der Waals surface area contributed by atoms with Gasteiger partial charge in [0.05, 0.1) is 26.4 Å². The van der Waals surface area contributed by atoms with Crippen molar-refractivity contribution in [3.63, 3.8) is 0 Å². The molecule has 6 atom stereocenters. The van der Waals surface area contributed by atoms with E-state index in [0.717, 1.165) is 127 Å². The fourth-order valence-electron chi connectivity index (χ4n) is 10.7. The Bertz CT molecular complexity index is 1910. The van der Waals surface area contributed by atoms with E-state index >= 15 is 0 Å². The molecule has 19 heteroatoms. The zero-order valence-corrected chi connectivity index (χ0v) is 62.0. The molecule has 0 aliphatic rings. The van der Waals surface area contributed by atoms with E-state index in [9.17, 15) is 43.2 Å². The predicted octanol–water partition coefficient (Wildman–Crippen LogP) is 21.0. The minimum atomic E-state index is -4.96. The summed E-state index contributed by atoms with van der Waals surface area (Å²) in [6.07, 6.45) is 52.1. The summed E-state index contributed by atoms with van der Waals surface area (Å²) in [5, 5.41) is 10.6. The third-order valence-corrected chi connectivity index (χ3v) is 18.8. The van der Waals surface area contributed by atoms with Gasteiger partial charge < -0.3 is 33.8 Å². The minimum absolute atomic E-state index is 0.0989. The summed E-state index contributed by atoms with van der Waals surface area (Å²) >= 11 is 0. The Morgan fingerprint density at radius 1 is 0.355 bits per heavy atom. The van der Waals surface area contributed by atoms with Crippen LogP contribution in [0.15, 0.2) is 24.3 Å². The molecule has 0 rings (SSSR count). The second-order valence-electron chi connectivity index (χ2n) is 27.2. The third-order valence-electron chi connectivity index (χ3n) is 16.9. The van der Waals surface area contributed by atoms with Crippen LogP contribution in [0.1, 0.15) is 350 Å². The summed E-state index contributed by atoms with van der Waals surface area (Å²) in [5.74, 6) is 0.124. The van der Waals surface area contributed by atoms with E-state index in [1.807, 2.05) is 0 Å². The molecule has 0 spiro atoms. The number of hydrogen-bond donors (Lipinski definition) is 3. The maximum Gasteiger partial charge on any atom is 0.472 e. The van der Waals surface area contributed by atoms with Crippen LogP contribution in [0, 0.1) is 17.8 Å². The van der Waals surface area contributed by atoms with Gasteiger partial charge in [-0.25, -0.2) is 9.13 Å². The molecule has 0 aliphatic carbocycles. The first-order valence-electron chi connectivity index (χ1n) is 37.7. The van der Waals surface area contributed by atoms with Crippen LogP contribution in [-0.2, 0) is 65.4 Å². The van der Waals surface area contributed by atoms with Gasteiger partial charge in [-0.2, -0.15) is 0 Å². The molecule has 4 unspecified atom stereocenters. The molecule has 0 saturated carbocycles. The van der Waals surface area contributed by atoms with Crippen molar-refractivity contribution >= 4 is 39.5 Å². The summed E-state index contributed by atoms with van der Waals surface area (Å²) < 4.78 is 68.4. The van der Waals surface area contributed by atoms with E-state index in [1.165, 1.54) is 141 Å².